The van der Waals surface area contributed by atoms with Gasteiger partial charge in [-0.1, -0.05) is 55.8 Å². The first kappa shape index (κ1) is 17.5. The summed E-state index contributed by atoms with van der Waals surface area (Å²) in [5, 5.41) is 12.9. The zero-order valence-corrected chi connectivity index (χ0v) is 14.5. The summed E-state index contributed by atoms with van der Waals surface area (Å²) in [6.45, 7) is 1.99. The van der Waals surface area contributed by atoms with E-state index < -0.39 is 0 Å². The normalized spacial score (nSPS) is 10.3. The van der Waals surface area contributed by atoms with E-state index in [2.05, 4.69) is 22.1 Å². The fraction of sp³-hybridized carbons (Fsp3) is 0.143. The second-order valence-electron chi connectivity index (χ2n) is 5.85. The van der Waals surface area contributed by atoms with Gasteiger partial charge in [0.2, 0.25) is 0 Å². The minimum atomic E-state index is -0.357. The Labute approximate surface area is 151 Å². The third-order valence-corrected chi connectivity index (χ3v) is 3.98. The first-order valence-electron chi connectivity index (χ1n) is 8.52. The molecule has 0 bridgehead atoms. The van der Waals surface area contributed by atoms with E-state index in [0.717, 1.165) is 22.8 Å². The molecule has 0 aliphatic heterocycles. The summed E-state index contributed by atoms with van der Waals surface area (Å²) in [4.78, 5) is 19.1. The summed E-state index contributed by atoms with van der Waals surface area (Å²) in [6, 6.07) is 21.1. The van der Waals surface area contributed by atoms with E-state index in [1.807, 2.05) is 61.7 Å². The maximum atomic E-state index is 10.9. The fourth-order valence-electron chi connectivity index (χ4n) is 2.74. The van der Waals surface area contributed by atoms with Gasteiger partial charge in [-0.25, -0.2) is 4.98 Å². The molecule has 2 aromatic heterocycles. The highest BCUT2D eigenvalue weighted by molar-refractivity contribution is 5.81. The summed E-state index contributed by atoms with van der Waals surface area (Å²) in [7, 11) is 0. The number of nitro groups is 1. The van der Waals surface area contributed by atoms with Gasteiger partial charge in [0.25, 0.3) is 5.69 Å². The van der Waals surface area contributed by atoms with Gasteiger partial charge in [0.1, 0.15) is 5.69 Å². The van der Waals surface area contributed by atoms with Crippen LogP contribution in [0.15, 0.2) is 72.9 Å². The minimum Gasteiger partial charge on any atom is -0.258 e. The molecule has 2 heterocycles. The van der Waals surface area contributed by atoms with Crippen LogP contribution in [-0.2, 0) is 6.42 Å². The molecule has 4 aromatic rings. The van der Waals surface area contributed by atoms with Crippen LogP contribution in [0.3, 0.4) is 0 Å². The Kier molecular flexibility index (Phi) is 5.49. The molecule has 5 nitrogen and oxygen atoms in total. The van der Waals surface area contributed by atoms with Crippen LogP contribution < -0.4 is 0 Å². The van der Waals surface area contributed by atoms with Crippen molar-refractivity contribution in [3.63, 3.8) is 0 Å². The maximum absolute atomic E-state index is 10.9. The summed E-state index contributed by atoms with van der Waals surface area (Å²) >= 11 is 0. The minimum absolute atomic E-state index is 0.126. The van der Waals surface area contributed by atoms with Crippen molar-refractivity contribution in [2.75, 3.05) is 0 Å². The van der Waals surface area contributed by atoms with Gasteiger partial charge in [0.05, 0.1) is 16.0 Å². The van der Waals surface area contributed by atoms with E-state index in [1.165, 1.54) is 5.39 Å². The van der Waals surface area contributed by atoms with Gasteiger partial charge < -0.3 is 0 Å². The number of aromatic nitrogens is 2. The average Bonchev–Trinajstić information content (AvgIpc) is 2.68. The van der Waals surface area contributed by atoms with Crippen molar-refractivity contribution in [1.82, 2.24) is 9.97 Å². The monoisotopic (exact) mass is 345 g/mol. The maximum Gasteiger partial charge on any atom is 0.291 e. The lowest BCUT2D eigenvalue weighted by molar-refractivity contribution is -0.385. The Bertz CT molecular complexity index is 982. The number of aryl methyl sites for hydroxylation is 1. The molecule has 130 valence electrons. The first-order chi connectivity index (χ1) is 12.7. The van der Waals surface area contributed by atoms with Gasteiger partial charge in [0, 0.05) is 23.0 Å². The zero-order chi connectivity index (χ0) is 18.4. The van der Waals surface area contributed by atoms with E-state index in [1.54, 1.807) is 6.07 Å². The average molecular weight is 345 g/mol. The van der Waals surface area contributed by atoms with Crippen LogP contribution in [0.5, 0.6) is 0 Å². The van der Waals surface area contributed by atoms with Crippen LogP contribution in [-0.4, -0.2) is 14.9 Å². The number of pyridine rings is 2. The summed E-state index contributed by atoms with van der Waals surface area (Å²) in [5.74, 6) is 0. The Morgan fingerprint density at radius 3 is 2.27 bits per heavy atom. The van der Waals surface area contributed by atoms with Crippen molar-refractivity contribution in [1.29, 1.82) is 0 Å². The molecule has 0 atom stereocenters. The quantitative estimate of drug-likeness (QED) is 0.372. The molecule has 0 unspecified atom stereocenters. The van der Waals surface area contributed by atoms with Gasteiger partial charge in [-0.3, -0.25) is 15.1 Å². The number of nitrogens with zero attached hydrogens (tertiary/aromatic N) is 3. The van der Waals surface area contributed by atoms with Crippen LogP contribution >= 0.6 is 0 Å². The van der Waals surface area contributed by atoms with E-state index in [4.69, 9.17) is 0 Å². The third kappa shape index (κ3) is 4.00. The fourth-order valence-corrected chi connectivity index (χ4v) is 2.74. The van der Waals surface area contributed by atoms with Crippen LogP contribution in [0.1, 0.15) is 19.0 Å². The van der Waals surface area contributed by atoms with Crippen LogP contribution in [0.2, 0.25) is 0 Å². The predicted octanol–water partition coefficient (Wildman–Crippen LogP) is 5.33. The summed E-state index contributed by atoms with van der Waals surface area (Å²) < 4.78 is 0. The molecular weight excluding hydrogens is 326 g/mol. The number of hydrogen-bond acceptors (Lipinski definition) is 4. The van der Waals surface area contributed by atoms with Crippen molar-refractivity contribution < 1.29 is 4.92 Å². The molecule has 0 aliphatic rings. The number of rotatable bonds is 3. The van der Waals surface area contributed by atoms with E-state index in [0.29, 0.717) is 12.1 Å². The van der Waals surface area contributed by atoms with Crippen LogP contribution in [0.4, 0.5) is 5.69 Å². The van der Waals surface area contributed by atoms with Gasteiger partial charge in [-0.15, -0.1) is 0 Å². The number of para-hydroxylation sites is 2. The second kappa shape index (κ2) is 8.16. The molecule has 0 saturated heterocycles. The van der Waals surface area contributed by atoms with E-state index in [9.17, 15) is 10.1 Å². The Morgan fingerprint density at radius 1 is 0.923 bits per heavy atom. The van der Waals surface area contributed by atoms with E-state index >= 15 is 0 Å². The van der Waals surface area contributed by atoms with Gasteiger partial charge >= 0.3 is 0 Å². The SMILES string of the molecule is CCCc1nc2ccccc2cc1[N+](=O)[O-].c1ccc2ncccc2c1. The molecule has 0 radical (unpaired) electrons. The highest BCUT2D eigenvalue weighted by Crippen LogP contribution is 2.23. The van der Waals surface area contributed by atoms with E-state index in [-0.39, 0.29) is 10.6 Å². The summed E-state index contributed by atoms with van der Waals surface area (Å²) in [5.41, 5.74) is 2.58. The molecule has 0 aliphatic carbocycles. The zero-order valence-electron chi connectivity index (χ0n) is 14.5. The number of fused-ring (bicyclic) bond motifs is 2. The molecule has 5 heteroatoms. The number of benzene rings is 2. The van der Waals surface area contributed by atoms with Crippen molar-refractivity contribution in [2.24, 2.45) is 0 Å². The Balaban J connectivity index is 0.000000167. The van der Waals surface area contributed by atoms with Crippen LogP contribution in [0.25, 0.3) is 21.8 Å². The molecule has 2 aromatic carbocycles. The molecule has 0 saturated carbocycles. The van der Waals surface area contributed by atoms with Crippen molar-refractivity contribution >= 4 is 27.5 Å². The van der Waals surface area contributed by atoms with Crippen molar-refractivity contribution in [3.8, 4) is 0 Å². The lowest BCUT2D eigenvalue weighted by Crippen LogP contribution is -1.98. The van der Waals surface area contributed by atoms with Gasteiger partial charge in [0.15, 0.2) is 0 Å². The highest BCUT2D eigenvalue weighted by Gasteiger charge is 2.15. The van der Waals surface area contributed by atoms with Crippen LogP contribution in [0, 0.1) is 10.1 Å². The van der Waals surface area contributed by atoms with Crippen molar-refractivity contribution in [3.05, 3.63) is 88.7 Å². The predicted molar refractivity (Wildman–Crippen MR) is 104 cm³/mol. The van der Waals surface area contributed by atoms with Gasteiger partial charge in [-0.2, -0.15) is 0 Å². The standard InChI is InChI=1S/C12H12N2O2.C9H7N/c1-2-5-11-12(14(15)16)8-9-6-3-4-7-10(9)13-11;1-2-6-9-8(4-1)5-3-7-10-9/h3-4,6-8H,2,5H2,1H3;1-7H. The Morgan fingerprint density at radius 2 is 1.58 bits per heavy atom. The molecule has 4 rings (SSSR count). The Hall–Kier alpha value is -3.34. The molecule has 0 N–H and O–H groups in total. The highest BCUT2D eigenvalue weighted by atomic mass is 16.6. The molecule has 0 spiro atoms. The summed E-state index contributed by atoms with van der Waals surface area (Å²) in [6.07, 6.45) is 3.30. The lowest BCUT2D eigenvalue weighted by Gasteiger charge is -2.03. The number of hydrogen-bond donors (Lipinski definition) is 0. The van der Waals surface area contributed by atoms with Gasteiger partial charge in [-0.05, 0) is 24.6 Å². The smallest absolute Gasteiger partial charge is 0.258 e. The first-order valence-corrected chi connectivity index (χ1v) is 8.52. The largest absolute Gasteiger partial charge is 0.291 e. The topological polar surface area (TPSA) is 68.9 Å². The third-order valence-electron chi connectivity index (χ3n) is 3.98. The lowest BCUT2D eigenvalue weighted by atomic mass is 10.1. The molecule has 0 fully saturated rings. The molecule has 0 amide bonds. The second-order valence-corrected chi connectivity index (χ2v) is 5.85. The van der Waals surface area contributed by atoms with Crippen molar-refractivity contribution in [2.45, 2.75) is 19.8 Å². The molecular formula is C21H19N3O2. The molecule has 26 heavy (non-hydrogen) atoms.